The molecular formula is C18H29ClN2O2. The Balaban J connectivity index is 1.67. The Bertz CT molecular complexity index is 447. The number of piperazine rings is 1. The number of ether oxygens (including phenoxy) is 1. The van der Waals surface area contributed by atoms with E-state index in [2.05, 4.69) is 16.7 Å². The molecule has 0 spiro atoms. The summed E-state index contributed by atoms with van der Waals surface area (Å²) in [4.78, 5) is 4.81. The van der Waals surface area contributed by atoms with Gasteiger partial charge in [0.15, 0.2) is 0 Å². The van der Waals surface area contributed by atoms with Crippen molar-refractivity contribution in [3.05, 3.63) is 34.9 Å². The molecule has 1 aromatic rings. The molecule has 1 fully saturated rings. The third-order valence-electron chi connectivity index (χ3n) is 4.35. The van der Waals surface area contributed by atoms with Gasteiger partial charge < -0.3 is 14.7 Å². The fourth-order valence-corrected chi connectivity index (χ4v) is 3.07. The lowest BCUT2D eigenvalue weighted by atomic mass is 10.1. The standard InChI is InChI=1S/C18H29ClN2O2/c1-3-8-20-9-11-21(12-10-20)13-18(22)14-23-15(2)16-4-6-17(19)7-5-16/h4-7,15,18,22H,3,8-14H2,1-2H3/t15-,18-/m0/s1. The predicted octanol–water partition coefficient (Wildman–Crippen LogP) is 2.81. The molecule has 0 radical (unpaired) electrons. The summed E-state index contributed by atoms with van der Waals surface area (Å²) in [5.74, 6) is 0. The van der Waals surface area contributed by atoms with Crippen LogP contribution in [0.15, 0.2) is 24.3 Å². The number of benzene rings is 1. The summed E-state index contributed by atoms with van der Waals surface area (Å²) in [5.41, 5.74) is 1.08. The highest BCUT2D eigenvalue weighted by molar-refractivity contribution is 6.30. The molecule has 1 aromatic carbocycles. The zero-order valence-electron chi connectivity index (χ0n) is 14.2. The summed E-state index contributed by atoms with van der Waals surface area (Å²) >= 11 is 5.89. The molecule has 4 nitrogen and oxygen atoms in total. The number of hydrogen-bond donors (Lipinski definition) is 1. The topological polar surface area (TPSA) is 35.9 Å². The minimum absolute atomic E-state index is 0.0386. The van der Waals surface area contributed by atoms with Gasteiger partial charge in [-0.2, -0.15) is 0 Å². The summed E-state index contributed by atoms with van der Waals surface area (Å²) in [6, 6.07) is 7.66. The normalized spacial score (nSPS) is 19.7. The quantitative estimate of drug-likeness (QED) is 0.789. The van der Waals surface area contributed by atoms with Gasteiger partial charge in [0.05, 0.1) is 18.8 Å². The van der Waals surface area contributed by atoms with Crippen LogP contribution in [0.1, 0.15) is 31.9 Å². The first kappa shape index (κ1) is 18.7. The van der Waals surface area contributed by atoms with E-state index < -0.39 is 6.10 Å². The molecule has 2 rings (SSSR count). The van der Waals surface area contributed by atoms with Gasteiger partial charge >= 0.3 is 0 Å². The van der Waals surface area contributed by atoms with E-state index in [0.717, 1.165) is 36.8 Å². The lowest BCUT2D eigenvalue weighted by Crippen LogP contribution is -2.49. The van der Waals surface area contributed by atoms with E-state index in [-0.39, 0.29) is 6.10 Å². The fraction of sp³-hybridized carbons (Fsp3) is 0.667. The molecule has 0 aliphatic carbocycles. The largest absolute Gasteiger partial charge is 0.389 e. The number of rotatable bonds is 8. The Morgan fingerprint density at radius 3 is 2.35 bits per heavy atom. The number of nitrogens with zero attached hydrogens (tertiary/aromatic N) is 2. The van der Waals surface area contributed by atoms with Crippen molar-refractivity contribution < 1.29 is 9.84 Å². The Hall–Kier alpha value is -0.650. The van der Waals surface area contributed by atoms with Crippen LogP contribution in [0.25, 0.3) is 0 Å². The smallest absolute Gasteiger partial charge is 0.0900 e. The number of aliphatic hydroxyl groups excluding tert-OH is 1. The van der Waals surface area contributed by atoms with Gasteiger partial charge in [-0.1, -0.05) is 30.7 Å². The number of aliphatic hydroxyl groups is 1. The summed E-state index contributed by atoms with van der Waals surface area (Å²) in [6.45, 7) is 10.7. The Labute approximate surface area is 145 Å². The van der Waals surface area contributed by atoms with Gasteiger partial charge in [0.25, 0.3) is 0 Å². The number of hydrogen-bond acceptors (Lipinski definition) is 4. The molecule has 1 aliphatic rings. The van der Waals surface area contributed by atoms with Crippen LogP contribution in [0, 0.1) is 0 Å². The Morgan fingerprint density at radius 2 is 1.74 bits per heavy atom. The number of β-amino-alcohol motifs (C(OH)–C–C–N with tert-alkyl or cyclic N) is 1. The van der Waals surface area contributed by atoms with Crippen LogP contribution in [-0.4, -0.2) is 66.9 Å². The van der Waals surface area contributed by atoms with E-state index in [9.17, 15) is 5.11 Å². The van der Waals surface area contributed by atoms with Crippen molar-refractivity contribution in [2.45, 2.75) is 32.5 Å². The zero-order valence-corrected chi connectivity index (χ0v) is 15.0. The van der Waals surface area contributed by atoms with Crippen molar-refractivity contribution in [3.8, 4) is 0 Å². The first-order valence-corrected chi connectivity index (χ1v) is 8.96. The van der Waals surface area contributed by atoms with E-state index in [1.807, 2.05) is 31.2 Å². The first-order chi connectivity index (χ1) is 11.1. The number of halogens is 1. The maximum absolute atomic E-state index is 10.2. The molecule has 1 aliphatic heterocycles. The van der Waals surface area contributed by atoms with Crippen LogP contribution in [0.3, 0.4) is 0 Å². The zero-order chi connectivity index (χ0) is 16.7. The van der Waals surface area contributed by atoms with Gasteiger partial charge in [-0.25, -0.2) is 0 Å². The van der Waals surface area contributed by atoms with E-state index in [1.54, 1.807) is 0 Å². The molecule has 0 aromatic heterocycles. The minimum atomic E-state index is -0.442. The van der Waals surface area contributed by atoms with Crippen molar-refractivity contribution in [2.75, 3.05) is 45.9 Å². The van der Waals surface area contributed by atoms with Gasteiger partial charge in [0.2, 0.25) is 0 Å². The molecule has 1 N–H and O–H groups in total. The molecule has 5 heteroatoms. The highest BCUT2D eigenvalue weighted by Crippen LogP contribution is 2.19. The van der Waals surface area contributed by atoms with Gasteiger partial charge in [0, 0.05) is 37.7 Å². The van der Waals surface area contributed by atoms with Crippen LogP contribution in [0.4, 0.5) is 0 Å². The second-order valence-electron chi connectivity index (χ2n) is 6.32. The second-order valence-corrected chi connectivity index (χ2v) is 6.76. The lowest BCUT2D eigenvalue weighted by molar-refractivity contribution is -0.0209. The van der Waals surface area contributed by atoms with E-state index in [1.165, 1.54) is 13.0 Å². The van der Waals surface area contributed by atoms with Gasteiger partial charge in [-0.3, -0.25) is 4.90 Å². The Kier molecular flexibility index (Phi) is 7.80. The molecule has 2 atom stereocenters. The third kappa shape index (κ3) is 6.40. The van der Waals surface area contributed by atoms with Crippen LogP contribution in [-0.2, 0) is 4.74 Å². The minimum Gasteiger partial charge on any atom is -0.389 e. The molecule has 130 valence electrons. The van der Waals surface area contributed by atoms with Crippen molar-refractivity contribution in [1.82, 2.24) is 9.80 Å². The molecule has 23 heavy (non-hydrogen) atoms. The molecule has 0 bridgehead atoms. The maximum Gasteiger partial charge on any atom is 0.0900 e. The summed E-state index contributed by atoms with van der Waals surface area (Å²) in [7, 11) is 0. The van der Waals surface area contributed by atoms with E-state index in [4.69, 9.17) is 16.3 Å². The second kappa shape index (κ2) is 9.60. The summed E-state index contributed by atoms with van der Waals surface area (Å²) < 4.78 is 5.80. The van der Waals surface area contributed by atoms with Gasteiger partial charge in [-0.15, -0.1) is 0 Å². The average Bonchev–Trinajstić information content (AvgIpc) is 2.55. The van der Waals surface area contributed by atoms with Gasteiger partial charge in [0.1, 0.15) is 0 Å². The third-order valence-corrected chi connectivity index (χ3v) is 4.60. The molecule has 1 heterocycles. The SMILES string of the molecule is CCCN1CCN(C[C@H](O)CO[C@@H](C)c2ccc(Cl)cc2)CC1. The van der Waals surface area contributed by atoms with Crippen LogP contribution < -0.4 is 0 Å². The van der Waals surface area contributed by atoms with Crippen molar-refractivity contribution in [2.24, 2.45) is 0 Å². The maximum atomic E-state index is 10.2. The van der Waals surface area contributed by atoms with Crippen molar-refractivity contribution in [3.63, 3.8) is 0 Å². The highest BCUT2D eigenvalue weighted by Gasteiger charge is 2.19. The van der Waals surface area contributed by atoms with Crippen LogP contribution >= 0.6 is 11.6 Å². The highest BCUT2D eigenvalue weighted by atomic mass is 35.5. The molecule has 0 unspecified atom stereocenters. The average molecular weight is 341 g/mol. The molecule has 0 saturated carbocycles. The molecule has 1 saturated heterocycles. The fourth-order valence-electron chi connectivity index (χ4n) is 2.95. The molecule has 0 amide bonds. The summed E-state index contributed by atoms with van der Waals surface area (Å²) in [5, 5.41) is 10.9. The Morgan fingerprint density at radius 1 is 1.13 bits per heavy atom. The molecular weight excluding hydrogens is 312 g/mol. The van der Waals surface area contributed by atoms with E-state index >= 15 is 0 Å². The van der Waals surface area contributed by atoms with Gasteiger partial charge in [-0.05, 0) is 37.6 Å². The van der Waals surface area contributed by atoms with E-state index in [0.29, 0.717) is 13.2 Å². The summed E-state index contributed by atoms with van der Waals surface area (Å²) in [6.07, 6.45) is 0.727. The lowest BCUT2D eigenvalue weighted by Gasteiger charge is -2.35. The monoisotopic (exact) mass is 340 g/mol. The predicted molar refractivity (Wildman–Crippen MR) is 95.0 cm³/mol. The van der Waals surface area contributed by atoms with Crippen LogP contribution in [0.2, 0.25) is 5.02 Å². The van der Waals surface area contributed by atoms with Crippen molar-refractivity contribution >= 4 is 11.6 Å². The van der Waals surface area contributed by atoms with Crippen LogP contribution in [0.5, 0.6) is 0 Å². The van der Waals surface area contributed by atoms with Crippen molar-refractivity contribution in [1.29, 1.82) is 0 Å². The first-order valence-electron chi connectivity index (χ1n) is 8.58.